The Labute approximate surface area is 154 Å². The summed E-state index contributed by atoms with van der Waals surface area (Å²) in [5, 5.41) is 3.48. The first-order valence-corrected chi connectivity index (χ1v) is 9.24. The van der Waals surface area contributed by atoms with Crippen molar-refractivity contribution in [2.24, 2.45) is 0 Å². The van der Waals surface area contributed by atoms with Gasteiger partial charge >= 0.3 is 0 Å². The summed E-state index contributed by atoms with van der Waals surface area (Å²) in [7, 11) is 0. The molecule has 1 aliphatic rings. The molecule has 1 aliphatic heterocycles. The average molecular weight is 370 g/mol. The third-order valence-electron chi connectivity index (χ3n) is 3.99. The van der Waals surface area contributed by atoms with E-state index in [2.05, 4.69) is 10.3 Å². The van der Waals surface area contributed by atoms with Gasteiger partial charge in [0.25, 0.3) is 0 Å². The molecule has 0 fully saturated rings. The van der Waals surface area contributed by atoms with Crippen molar-refractivity contribution in [2.75, 3.05) is 18.7 Å². The second-order valence-electron chi connectivity index (χ2n) is 5.82. The summed E-state index contributed by atoms with van der Waals surface area (Å²) in [5.41, 5.74) is 1.89. The normalized spacial score (nSPS) is 12.3. The van der Waals surface area contributed by atoms with E-state index in [-0.39, 0.29) is 12.7 Å². The molecule has 134 valence electrons. The highest BCUT2D eigenvalue weighted by Crippen LogP contribution is 2.33. The lowest BCUT2D eigenvalue weighted by Crippen LogP contribution is -2.12. The van der Waals surface area contributed by atoms with Crippen LogP contribution in [0.15, 0.2) is 36.4 Å². The van der Waals surface area contributed by atoms with Crippen molar-refractivity contribution in [1.29, 1.82) is 0 Å². The SMILES string of the molecule is CCOc1ccc2nc(NC(=O)CCc3ccc4c(c3)OCO4)sc2c1. The van der Waals surface area contributed by atoms with Crippen LogP contribution in [-0.4, -0.2) is 24.3 Å². The molecule has 2 heterocycles. The number of carbonyl (C=O) groups excluding carboxylic acids is 1. The Morgan fingerprint density at radius 2 is 2.12 bits per heavy atom. The first kappa shape index (κ1) is 16.7. The summed E-state index contributed by atoms with van der Waals surface area (Å²) in [6.45, 7) is 2.82. The van der Waals surface area contributed by atoms with Crippen molar-refractivity contribution < 1.29 is 19.0 Å². The van der Waals surface area contributed by atoms with E-state index in [0.29, 0.717) is 24.6 Å². The number of nitrogens with one attached hydrogen (secondary N) is 1. The van der Waals surface area contributed by atoms with Gasteiger partial charge in [0.1, 0.15) is 5.75 Å². The van der Waals surface area contributed by atoms with Crippen molar-refractivity contribution in [3.8, 4) is 17.2 Å². The van der Waals surface area contributed by atoms with Gasteiger partial charge in [-0.15, -0.1) is 0 Å². The molecule has 0 saturated carbocycles. The highest BCUT2D eigenvalue weighted by Gasteiger charge is 2.14. The molecule has 0 radical (unpaired) electrons. The Hall–Kier alpha value is -2.80. The third kappa shape index (κ3) is 3.57. The number of rotatable bonds is 6. The number of benzene rings is 2. The molecule has 0 aliphatic carbocycles. The lowest BCUT2D eigenvalue weighted by Gasteiger charge is -2.03. The molecule has 1 aromatic heterocycles. The number of aryl methyl sites for hydroxylation is 1. The Morgan fingerprint density at radius 3 is 3.00 bits per heavy atom. The molecule has 2 aromatic carbocycles. The summed E-state index contributed by atoms with van der Waals surface area (Å²) in [5.74, 6) is 2.23. The van der Waals surface area contributed by atoms with Crippen LogP contribution < -0.4 is 19.5 Å². The zero-order valence-electron chi connectivity index (χ0n) is 14.3. The Balaban J connectivity index is 1.37. The Kier molecular flexibility index (Phi) is 4.62. The van der Waals surface area contributed by atoms with Crippen molar-refractivity contribution in [2.45, 2.75) is 19.8 Å². The van der Waals surface area contributed by atoms with Gasteiger partial charge in [-0.3, -0.25) is 4.79 Å². The predicted molar refractivity (Wildman–Crippen MR) is 100 cm³/mol. The second kappa shape index (κ2) is 7.21. The van der Waals surface area contributed by atoms with Gasteiger partial charge in [-0.1, -0.05) is 17.4 Å². The fraction of sp³-hybridized carbons (Fsp3) is 0.263. The van der Waals surface area contributed by atoms with Crippen LogP contribution in [0.5, 0.6) is 17.2 Å². The molecule has 0 bridgehead atoms. The molecule has 0 atom stereocenters. The number of amides is 1. The monoisotopic (exact) mass is 370 g/mol. The van der Waals surface area contributed by atoms with Crippen molar-refractivity contribution >= 4 is 32.6 Å². The lowest BCUT2D eigenvalue weighted by atomic mass is 10.1. The molecule has 0 spiro atoms. The third-order valence-corrected chi connectivity index (χ3v) is 4.93. The number of fused-ring (bicyclic) bond motifs is 2. The van der Waals surface area contributed by atoms with Crippen LogP contribution in [0.1, 0.15) is 18.9 Å². The van der Waals surface area contributed by atoms with Crippen LogP contribution in [0.25, 0.3) is 10.2 Å². The number of thiazole rings is 1. The molecular formula is C19H18N2O4S. The molecule has 6 nitrogen and oxygen atoms in total. The van der Waals surface area contributed by atoms with Crippen LogP contribution in [-0.2, 0) is 11.2 Å². The molecule has 1 amide bonds. The number of anilines is 1. The fourth-order valence-corrected chi connectivity index (χ4v) is 3.66. The van der Waals surface area contributed by atoms with Crippen LogP contribution in [0.3, 0.4) is 0 Å². The quantitative estimate of drug-likeness (QED) is 0.710. The summed E-state index contributed by atoms with van der Waals surface area (Å²) in [4.78, 5) is 16.7. The molecule has 4 rings (SSSR count). The summed E-state index contributed by atoms with van der Waals surface area (Å²) >= 11 is 1.44. The van der Waals surface area contributed by atoms with Crippen LogP contribution in [0.2, 0.25) is 0 Å². The zero-order valence-corrected chi connectivity index (χ0v) is 15.1. The Morgan fingerprint density at radius 1 is 1.23 bits per heavy atom. The number of hydrogen-bond acceptors (Lipinski definition) is 6. The molecule has 0 saturated heterocycles. The summed E-state index contributed by atoms with van der Waals surface area (Å²) in [6, 6.07) is 11.5. The summed E-state index contributed by atoms with van der Waals surface area (Å²) in [6.07, 6.45) is 1.00. The van der Waals surface area contributed by atoms with E-state index in [1.807, 2.05) is 43.3 Å². The highest BCUT2D eigenvalue weighted by atomic mass is 32.1. The van der Waals surface area contributed by atoms with E-state index in [1.54, 1.807) is 0 Å². The van der Waals surface area contributed by atoms with Gasteiger partial charge in [-0.05, 0) is 49.2 Å². The molecule has 3 aromatic rings. The van der Waals surface area contributed by atoms with Crippen molar-refractivity contribution in [1.82, 2.24) is 4.98 Å². The Bertz CT molecular complexity index is 954. The topological polar surface area (TPSA) is 69.7 Å². The fourth-order valence-electron chi connectivity index (χ4n) is 2.75. The number of aromatic nitrogens is 1. The van der Waals surface area contributed by atoms with Crippen molar-refractivity contribution in [3.63, 3.8) is 0 Å². The van der Waals surface area contributed by atoms with E-state index < -0.39 is 0 Å². The first-order valence-electron chi connectivity index (χ1n) is 8.43. The molecule has 7 heteroatoms. The van der Waals surface area contributed by atoms with Gasteiger partial charge < -0.3 is 19.5 Å². The van der Waals surface area contributed by atoms with Gasteiger partial charge in [-0.2, -0.15) is 0 Å². The maximum Gasteiger partial charge on any atom is 0.231 e. The minimum Gasteiger partial charge on any atom is -0.494 e. The van der Waals surface area contributed by atoms with Gasteiger partial charge in [0, 0.05) is 6.42 Å². The summed E-state index contributed by atoms with van der Waals surface area (Å²) < 4.78 is 17.1. The van der Waals surface area contributed by atoms with Crippen LogP contribution >= 0.6 is 11.3 Å². The van der Waals surface area contributed by atoms with E-state index in [4.69, 9.17) is 14.2 Å². The maximum atomic E-state index is 12.2. The molecular weight excluding hydrogens is 352 g/mol. The van der Waals surface area contributed by atoms with Crippen molar-refractivity contribution in [3.05, 3.63) is 42.0 Å². The van der Waals surface area contributed by atoms with Crippen LogP contribution in [0.4, 0.5) is 5.13 Å². The van der Waals surface area contributed by atoms with Crippen LogP contribution in [0, 0.1) is 0 Å². The van der Waals surface area contributed by atoms with E-state index in [1.165, 1.54) is 11.3 Å². The van der Waals surface area contributed by atoms with Gasteiger partial charge in [0.15, 0.2) is 16.6 Å². The molecule has 1 N–H and O–H groups in total. The zero-order chi connectivity index (χ0) is 17.9. The van der Waals surface area contributed by atoms with E-state index in [9.17, 15) is 4.79 Å². The number of hydrogen-bond donors (Lipinski definition) is 1. The minimum absolute atomic E-state index is 0.0632. The number of ether oxygens (including phenoxy) is 3. The predicted octanol–water partition coefficient (Wildman–Crippen LogP) is 4.00. The number of nitrogens with zero attached hydrogens (tertiary/aromatic N) is 1. The molecule has 26 heavy (non-hydrogen) atoms. The average Bonchev–Trinajstić information content (AvgIpc) is 3.25. The minimum atomic E-state index is -0.0632. The largest absolute Gasteiger partial charge is 0.494 e. The van der Waals surface area contributed by atoms with E-state index in [0.717, 1.165) is 33.0 Å². The van der Waals surface area contributed by atoms with E-state index >= 15 is 0 Å². The van der Waals surface area contributed by atoms with Gasteiger partial charge in [-0.25, -0.2) is 4.98 Å². The second-order valence-corrected chi connectivity index (χ2v) is 6.85. The van der Waals surface area contributed by atoms with Gasteiger partial charge in [0.2, 0.25) is 12.7 Å². The highest BCUT2D eigenvalue weighted by molar-refractivity contribution is 7.22. The van der Waals surface area contributed by atoms with Gasteiger partial charge in [0.05, 0.1) is 16.8 Å². The number of carbonyl (C=O) groups is 1. The lowest BCUT2D eigenvalue weighted by molar-refractivity contribution is -0.116. The standard InChI is InChI=1S/C19H18N2O4S/c1-2-23-13-5-6-14-17(10-13)26-19(20-14)21-18(22)8-4-12-3-7-15-16(9-12)25-11-24-15/h3,5-7,9-10H,2,4,8,11H2,1H3,(H,20,21,22). The maximum absolute atomic E-state index is 12.2. The smallest absolute Gasteiger partial charge is 0.231 e. The first-order chi connectivity index (χ1) is 12.7. The molecule has 0 unspecified atom stereocenters.